The normalized spacial score (nSPS) is 15.5. The lowest BCUT2D eigenvalue weighted by Crippen LogP contribution is -2.50. The fraction of sp³-hybridized carbons (Fsp3) is 0.304. The number of carbonyl (C=O) groups excluding carboxylic acids is 2. The Morgan fingerprint density at radius 1 is 1.14 bits per heavy atom. The summed E-state index contributed by atoms with van der Waals surface area (Å²) in [5.41, 5.74) is 1.68. The number of rotatable bonds is 6. The van der Waals surface area contributed by atoms with Crippen LogP contribution in [0.25, 0.3) is 0 Å². The Morgan fingerprint density at radius 3 is 2.37 bits per heavy atom. The van der Waals surface area contributed by atoms with E-state index in [4.69, 9.17) is 27.9 Å². The third-order valence-electron chi connectivity index (χ3n) is 5.25. The quantitative estimate of drug-likeness (QED) is 0.337. The zero-order valence-electron chi connectivity index (χ0n) is 19.1. The Balaban J connectivity index is 1.75. The van der Waals surface area contributed by atoms with Crippen molar-refractivity contribution in [2.24, 2.45) is 4.99 Å². The van der Waals surface area contributed by atoms with Crippen molar-refractivity contribution in [3.8, 4) is 5.75 Å². The lowest BCUT2D eigenvalue weighted by Gasteiger charge is -2.26. The van der Waals surface area contributed by atoms with E-state index < -0.39 is 12.1 Å². The number of hydrogen-bond donors (Lipinski definition) is 4. The van der Waals surface area contributed by atoms with E-state index in [1.165, 1.54) is 6.92 Å². The molecule has 1 heterocycles. The standard InChI is InChI=1S/C23H25Cl2N5O5/c1-13(31)27-20-17(24)10-14(11-18(20)25)12-26-22(29-23(33)34)28-21(32)19-4-3-9-30(19)15-5-7-16(35-2)8-6-15/h5-8,10-11,19H,3-4,9,12H2,1-2H3,(H,27,31)(H,33,34)(H2,26,28,29,32). The van der Waals surface area contributed by atoms with Crippen molar-refractivity contribution in [3.63, 3.8) is 0 Å². The second-order valence-corrected chi connectivity index (χ2v) is 8.56. The van der Waals surface area contributed by atoms with Gasteiger partial charge < -0.3 is 20.1 Å². The van der Waals surface area contributed by atoms with E-state index >= 15 is 0 Å². The number of nitrogens with one attached hydrogen (secondary N) is 3. The minimum Gasteiger partial charge on any atom is -0.497 e. The third-order valence-corrected chi connectivity index (χ3v) is 5.85. The number of guanidine groups is 1. The Labute approximate surface area is 212 Å². The summed E-state index contributed by atoms with van der Waals surface area (Å²) >= 11 is 12.4. The van der Waals surface area contributed by atoms with E-state index in [9.17, 15) is 19.5 Å². The molecule has 1 unspecified atom stereocenters. The average molecular weight is 522 g/mol. The number of ether oxygens (including phenoxy) is 1. The molecule has 12 heteroatoms. The van der Waals surface area contributed by atoms with Gasteiger partial charge in [0, 0.05) is 19.2 Å². The predicted molar refractivity (Wildman–Crippen MR) is 135 cm³/mol. The summed E-state index contributed by atoms with van der Waals surface area (Å²) in [4.78, 5) is 41.8. The van der Waals surface area contributed by atoms with Gasteiger partial charge in [0.2, 0.25) is 17.8 Å². The Hall–Kier alpha value is -3.50. The highest BCUT2D eigenvalue weighted by Crippen LogP contribution is 2.32. The minimum atomic E-state index is -1.38. The van der Waals surface area contributed by atoms with Crippen LogP contribution in [0.3, 0.4) is 0 Å². The van der Waals surface area contributed by atoms with Crippen LogP contribution in [-0.2, 0) is 16.1 Å². The van der Waals surface area contributed by atoms with Crippen LogP contribution in [0.1, 0.15) is 25.3 Å². The summed E-state index contributed by atoms with van der Waals surface area (Å²) in [7, 11) is 1.58. The summed E-state index contributed by atoms with van der Waals surface area (Å²) in [5, 5.41) is 16.8. The molecule has 35 heavy (non-hydrogen) atoms. The zero-order chi connectivity index (χ0) is 25.5. The first-order chi connectivity index (χ1) is 16.7. The van der Waals surface area contributed by atoms with Crippen molar-refractivity contribution in [1.29, 1.82) is 0 Å². The minimum absolute atomic E-state index is 0.0253. The molecule has 186 valence electrons. The molecule has 1 aliphatic rings. The van der Waals surface area contributed by atoms with Gasteiger partial charge in [-0.3, -0.25) is 20.2 Å². The van der Waals surface area contributed by atoms with Crippen LogP contribution in [0.4, 0.5) is 16.2 Å². The summed E-state index contributed by atoms with van der Waals surface area (Å²) in [5.74, 6) is -0.227. The predicted octanol–water partition coefficient (Wildman–Crippen LogP) is 3.87. The lowest BCUT2D eigenvalue weighted by atomic mass is 10.2. The van der Waals surface area contributed by atoms with Crippen molar-refractivity contribution in [2.75, 3.05) is 23.9 Å². The van der Waals surface area contributed by atoms with Crippen LogP contribution in [0.15, 0.2) is 41.4 Å². The largest absolute Gasteiger partial charge is 0.497 e. The van der Waals surface area contributed by atoms with Gasteiger partial charge in [0.25, 0.3) is 0 Å². The molecule has 0 spiro atoms. The van der Waals surface area contributed by atoms with Gasteiger partial charge in [-0.2, -0.15) is 0 Å². The summed E-state index contributed by atoms with van der Waals surface area (Å²) < 4.78 is 5.18. The molecule has 0 radical (unpaired) electrons. The maximum Gasteiger partial charge on any atom is 0.411 e. The summed E-state index contributed by atoms with van der Waals surface area (Å²) in [6, 6.07) is 9.96. The first kappa shape index (κ1) is 26.1. The first-order valence-corrected chi connectivity index (χ1v) is 11.4. The molecule has 0 saturated carbocycles. The summed E-state index contributed by atoms with van der Waals surface area (Å²) in [6.07, 6.45) is 0.0359. The molecular formula is C23H25Cl2N5O5. The lowest BCUT2D eigenvalue weighted by molar-refractivity contribution is -0.120. The molecule has 3 rings (SSSR count). The van der Waals surface area contributed by atoms with Gasteiger partial charge in [-0.1, -0.05) is 23.2 Å². The number of nitrogens with zero attached hydrogens (tertiary/aromatic N) is 2. The number of benzene rings is 2. The third kappa shape index (κ3) is 7.00. The number of anilines is 2. The fourth-order valence-electron chi connectivity index (χ4n) is 3.72. The Bertz CT molecular complexity index is 1120. The van der Waals surface area contributed by atoms with Crippen LogP contribution in [0.2, 0.25) is 10.0 Å². The molecule has 0 aromatic heterocycles. The number of aliphatic imine (C=N–C) groups is 1. The van der Waals surface area contributed by atoms with E-state index in [1.54, 1.807) is 19.2 Å². The van der Waals surface area contributed by atoms with Gasteiger partial charge in [0.1, 0.15) is 11.8 Å². The van der Waals surface area contributed by atoms with Crippen molar-refractivity contribution >= 4 is 58.4 Å². The monoisotopic (exact) mass is 521 g/mol. The molecule has 2 aromatic rings. The second kappa shape index (κ2) is 11.8. The molecule has 3 amide bonds. The highest BCUT2D eigenvalue weighted by Gasteiger charge is 2.31. The van der Waals surface area contributed by atoms with Gasteiger partial charge in [-0.25, -0.2) is 9.79 Å². The SMILES string of the molecule is COc1ccc(N2CCCC2C(=O)NC(=NCc2cc(Cl)c(NC(C)=O)c(Cl)c2)NC(=O)O)cc1. The van der Waals surface area contributed by atoms with Gasteiger partial charge in [0.05, 0.1) is 29.4 Å². The molecule has 10 nitrogen and oxygen atoms in total. The first-order valence-electron chi connectivity index (χ1n) is 10.7. The van der Waals surface area contributed by atoms with Crippen LogP contribution < -0.4 is 25.6 Å². The van der Waals surface area contributed by atoms with E-state index in [0.717, 1.165) is 12.1 Å². The number of carboxylic acid groups (broad SMARTS) is 1. The molecule has 1 fully saturated rings. The topological polar surface area (TPSA) is 132 Å². The fourth-order valence-corrected chi connectivity index (χ4v) is 4.34. The maximum atomic E-state index is 13.0. The van der Waals surface area contributed by atoms with Crippen molar-refractivity contribution < 1.29 is 24.2 Å². The maximum absolute atomic E-state index is 13.0. The number of carbonyl (C=O) groups is 3. The molecule has 4 N–H and O–H groups in total. The van der Waals surface area contributed by atoms with Crippen molar-refractivity contribution in [2.45, 2.75) is 32.4 Å². The number of amides is 3. The van der Waals surface area contributed by atoms with Gasteiger partial charge >= 0.3 is 6.09 Å². The van der Waals surface area contributed by atoms with E-state index in [1.807, 2.05) is 29.2 Å². The highest BCUT2D eigenvalue weighted by molar-refractivity contribution is 6.39. The molecule has 2 aromatic carbocycles. The van der Waals surface area contributed by atoms with Gasteiger partial charge in [-0.15, -0.1) is 0 Å². The van der Waals surface area contributed by atoms with Crippen molar-refractivity contribution in [3.05, 3.63) is 52.0 Å². The van der Waals surface area contributed by atoms with Crippen LogP contribution in [0, 0.1) is 0 Å². The van der Waals surface area contributed by atoms with E-state index in [-0.39, 0.29) is 40.1 Å². The molecule has 0 bridgehead atoms. The summed E-state index contributed by atoms with van der Waals surface area (Å²) in [6.45, 7) is 1.99. The van der Waals surface area contributed by atoms with E-state index in [2.05, 4.69) is 20.9 Å². The highest BCUT2D eigenvalue weighted by atomic mass is 35.5. The number of halogens is 2. The second-order valence-electron chi connectivity index (χ2n) is 7.75. The molecule has 1 atom stereocenters. The smallest absolute Gasteiger partial charge is 0.411 e. The molecule has 1 aliphatic heterocycles. The Morgan fingerprint density at radius 2 is 1.80 bits per heavy atom. The molecule has 1 saturated heterocycles. The van der Waals surface area contributed by atoms with Gasteiger partial charge in [-0.05, 0) is 54.8 Å². The molecule has 0 aliphatic carbocycles. The van der Waals surface area contributed by atoms with Gasteiger partial charge in [0.15, 0.2) is 0 Å². The van der Waals surface area contributed by atoms with Crippen LogP contribution in [0.5, 0.6) is 5.75 Å². The number of methoxy groups -OCH3 is 1. The zero-order valence-corrected chi connectivity index (χ0v) is 20.6. The van der Waals surface area contributed by atoms with E-state index in [0.29, 0.717) is 24.3 Å². The van der Waals surface area contributed by atoms with Crippen molar-refractivity contribution in [1.82, 2.24) is 10.6 Å². The van der Waals surface area contributed by atoms with Crippen LogP contribution in [-0.4, -0.2) is 48.7 Å². The number of hydrogen-bond acceptors (Lipinski definition) is 6. The average Bonchev–Trinajstić information content (AvgIpc) is 3.29. The van der Waals surface area contributed by atoms with Crippen LogP contribution >= 0.6 is 23.2 Å². The Kier molecular flexibility index (Phi) is 8.78. The molecular weight excluding hydrogens is 497 g/mol.